The largest absolute Gasteiger partial charge is 0.383 e. The molecule has 0 saturated carbocycles. The molecule has 1 N–H and O–H groups in total. The first-order valence-electron chi connectivity index (χ1n) is 6.45. The van der Waals surface area contributed by atoms with Crippen LogP contribution in [0.1, 0.15) is 18.1 Å². The molecular formula is C14H23NO3S. The Kier molecular flexibility index (Phi) is 6.48. The maximum absolute atomic E-state index is 12.2. The number of hydrogen-bond donors (Lipinski definition) is 1. The quantitative estimate of drug-likeness (QED) is 0.787. The number of benzene rings is 1. The Labute approximate surface area is 116 Å². The highest BCUT2D eigenvalue weighted by Gasteiger charge is 2.19. The highest BCUT2D eigenvalue weighted by Crippen LogP contribution is 2.10. The van der Waals surface area contributed by atoms with E-state index in [0.29, 0.717) is 6.61 Å². The number of aryl methyl sites for hydroxylation is 1. The van der Waals surface area contributed by atoms with E-state index in [0.717, 1.165) is 17.7 Å². The number of ether oxygens (including phenoxy) is 1. The minimum Gasteiger partial charge on any atom is -0.383 e. The van der Waals surface area contributed by atoms with E-state index in [1.165, 1.54) is 0 Å². The van der Waals surface area contributed by atoms with Gasteiger partial charge < -0.3 is 10.1 Å². The van der Waals surface area contributed by atoms with Crippen molar-refractivity contribution < 1.29 is 13.2 Å². The smallest absolute Gasteiger partial charge is 0.156 e. The van der Waals surface area contributed by atoms with Crippen LogP contribution in [0.4, 0.5) is 0 Å². The normalized spacial score (nSPS) is 13.4. The molecule has 0 radical (unpaired) electrons. The second-order valence-corrected chi connectivity index (χ2v) is 6.86. The first-order valence-corrected chi connectivity index (χ1v) is 8.27. The Morgan fingerprint density at radius 2 is 2.11 bits per heavy atom. The topological polar surface area (TPSA) is 55.4 Å². The number of nitrogens with one attached hydrogen (secondary N) is 1. The summed E-state index contributed by atoms with van der Waals surface area (Å²) in [5, 5.41) is 3.13. The van der Waals surface area contributed by atoms with Gasteiger partial charge in [0.25, 0.3) is 0 Å². The predicted octanol–water partition coefficient (Wildman–Crippen LogP) is 1.53. The van der Waals surface area contributed by atoms with Crippen LogP contribution in [0.15, 0.2) is 24.3 Å². The van der Waals surface area contributed by atoms with Crippen molar-refractivity contribution in [1.29, 1.82) is 0 Å². The second-order valence-electron chi connectivity index (χ2n) is 4.75. The van der Waals surface area contributed by atoms with Gasteiger partial charge in [0.15, 0.2) is 9.84 Å². The third-order valence-electron chi connectivity index (χ3n) is 2.78. The van der Waals surface area contributed by atoms with Gasteiger partial charge >= 0.3 is 0 Å². The summed E-state index contributed by atoms with van der Waals surface area (Å²) in [4.78, 5) is 0. The fourth-order valence-corrected chi connectivity index (χ4v) is 3.71. The number of methoxy groups -OCH3 is 1. The van der Waals surface area contributed by atoms with Crippen molar-refractivity contribution in [2.45, 2.75) is 25.6 Å². The Morgan fingerprint density at radius 3 is 2.68 bits per heavy atom. The molecule has 0 amide bonds. The van der Waals surface area contributed by atoms with E-state index in [1.54, 1.807) is 7.11 Å². The molecular weight excluding hydrogens is 262 g/mol. The van der Waals surface area contributed by atoms with Crippen LogP contribution in [0.2, 0.25) is 0 Å². The van der Waals surface area contributed by atoms with Gasteiger partial charge in [-0.15, -0.1) is 0 Å². The van der Waals surface area contributed by atoms with Crippen molar-refractivity contribution in [3.8, 4) is 0 Å². The molecule has 0 aliphatic carbocycles. The van der Waals surface area contributed by atoms with E-state index >= 15 is 0 Å². The number of hydrogen-bond acceptors (Lipinski definition) is 4. The molecule has 0 aromatic heterocycles. The zero-order valence-corrected chi connectivity index (χ0v) is 12.7. The lowest BCUT2D eigenvalue weighted by molar-refractivity contribution is 0.174. The highest BCUT2D eigenvalue weighted by molar-refractivity contribution is 7.90. The van der Waals surface area contributed by atoms with Gasteiger partial charge in [0.1, 0.15) is 0 Å². The Morgan fingerprint density at radius 1 is 1.37 bits per heavy atom. The first kappa shape index (κ1) is 16.1. The second kappa shape index (κ2) is 7.62. The lowest BCUT2D eigenvalue weighted by Crippen LogP contribution is -2.39. The van der Waals surface area contributed by atoms with Gasteiger partial charge in [-0.25, -0.2) is 8.42 Å². The summed E-state index contributed by atoms with van der Waals surface area (Å²) in [6, 6.07) is 7.46. The predicted molar refractivity (Wildman–Crippen MR) is 78.0 cm³/mol. The summed E-state index contributed by atoms with van der Waals surface area (Å²) >= 11 is 0. The molecule has 108 valence electrons. The Hall–Kier alpha value is -0.910. The van der Waals surface area contributed by atoms with Gasteiger partial charge in [0.2, 0.25) is 0 Å². The van der Waals surface area contributed by atoms with Crippen molar-refractivity contribution in [2.24, 2.45) is 0 Å². The van der Waals surface area contributed by atoms with Gasteiger partial charge in [-0.05, 0) is 19.0 Å². The minimum absolute atomic E-state index is 0.0836. The summed E-state index contributed by atoms with van der Waals surface area (Å²) in [7, 11) is -1.56. The first-order chi connectivity index (χ1) is 8.96. The third kappa shape index (κ3) is 6.18. The molecule has 1 aromatic carbocycles. The van der Waals surface area contributed by atoms with Crippen LogP contribution < -0.4 is 5.32 Å². The van der Waals surface area contributed by atoms with E-state index in [2.05, 4.69) is 5.32 Å². The fraction of sp³-hybridized carbons (Fsp3) is 0.571. The van der Waals surface area contributed by atoms with E-state index in [-0.39, 0.29) is 17.5 Å². The van der Waals surface area contributed by atoms with Crippen molar-refractivity contribution in [3.63, 3.8) is 0 Å². The molecule has 1 atom stereocenters. The molecule has 1 rings (SSSR count). The molecule has 19 heavy (non-hydrogen) atoms. The molecule has 0 spiro atoms. The molecule has 0 fully saturated rings. The summed E-state index contributed by atoms with van der Waals surface area (Å²) in [6.07, 6.45) is 0. The minimum atomic E-state index is -3.14. The van der Waals surface area contributed by atoms with Crippen LogP contribution >= 0.6 is 0 Å². The molecule has 0 heterocycles. The lowest BCUT2D eigenvalue weighted by atomic mass is 10.2. The molecule has 5 heteroatoms. The molecule has 4 nitrogen and oxygen atoms in total. The van der Waals surface area contributed by atoms with Crippen LogP contribution in [0.5, 0.6) is 0 Å². The van der Waals surface area contributed by atoms with Crippen molar-refractivity contribution in [1.82, 2.24) is 5.32 Å². The lowest BCUT2D eigenvalue weighted by Gasteiger charge is -2.17. The van der Waals surface area contributed by atoms with E-state index in [1.807, 2.05) is 38.1 Å². The number of likely N-dealkylation sites (N-methyl/N-ethyl adjacent to an activating group) is 1. The fourth-order valence-electron chi connectivity index (χ4n) is 2.08. The van der Waals surface area contributed by atoms with Crippen molar-refractivity contribution in [2.75, 3.05) is 26.0 Å². The van der Waals surface area contributed by atoms with Crippen molar-refractivity contribution >= 4 is 9.84 Å². The van der Waals surface area contributed by atoms with Gasteiger partial charge in [0, 0.05) is 13.2 Å². The SMILES string of the molecule is CCNC(COC)CS(=O)(=O)Cc1cccc(C)c1. The maximum Gasteiger partial charge on any atom is 0.156 e. The highest BCUT2D eigenvalue weighted by atomic mass is 32.2. The molecule has 0 saturated heterocycles. The molecule has 0 bridgehead atoms. The number of rotatable bonds is 8. The molecule has 1 aromatic rings. The number of sulfone groups is 1. The molecule has 0 aliphatic heterocycles. The van der Waals surface area contributed by atoms with Crippen LogP contribution in [0.3, 0.4) is 0 Å². The van der Waals surface area contributed by atoms with Crippen LogP contribution in [-0.2, 0) is 20.3 Å². The Balaban J connectivity index is 2.69. The molecule has 0 aliphatic rings. The maximum atomic E-state index is 12.2. The van der Waals surface area contributed by atoms with Crippen LogP contribution in [0.25, 0.3) is 0 Å². The zero-order chi connectivity index (χ0) is 14.3. The average Bonchev–Trinajstić information content (AvgIpc) is 2.28. The van der Waals surface area contributed by atoms with Crippen LogP contribution in [0, 0.1) is 6.92 Å². The summed E-state index contributed by atoms with van der Waals surface area (Å²) in [6.45, 7) is 5.05. The summed E-state index contributed by atoms with van der Waals surface area (Å²) in [5.74, 6) is 0.183. The van der Waals surface area contributed by atoms with E-state index < -0.39 is 9.84 Å². The van der Waals surface area contributed by atoms with E-state index in [9.17, 15) is 8.42 Å². The molecule has 1 unspecified atom stereocenters. The van der Waals surface area contributed by atoms with Gasteiger partial charge in [0.05, 0.1) is 18.1 Å². The summed E-state index contributed by atoms with van der Waals surface area (Å²) in [5.41, 5.74) is 1.92. The monoisotopic (exact) mass is 285 g/mol. The van der Waals surface area contributed by atoms with E-state index in [4.69, 9.17) is 4.74 Å². The average molecular weight is 285 g/mol. The van der Waals surface area contributed by atoms with Gasteiger partial charge in [-0.1, -0.05) is 36.8 Å². The van der Waals surface area contributed by atoms with Crippen molar-refractivity contribution in [3.05, 3.63) is 35.4 Å². The standard InChI is InChI=1S/C14H23NO3S/c1-4-15-14(9-18-3)11-19(16,17)10-13-7-5-6-12(2)8-13/h5-8,14-15H,4,9-11H2,1-3H3. The zero-order valence-electron chi connectivity index (χ0n) is 11.8. The van der Waals surface area contributed by atoms with Gasteiger partial charge in [-0.3, -0.25) is 0 Å². The third-order valence-corrected chi connectivity index (χ3v) is 4.47. The van der Waals surface area contributed by atoms with Crippen LogP contribution in [-0.4, -0.2) is 40.5 Å². The van der Waals surface area contributed by atoms with Gasteiger partial charge in [-0.2, -0.15) is 0 Å². The summed E-state index contributed by atoms with van der Waals surface area (Å²) < 4.78 is 29.4. The Bertz CT molecular complexity index is 479.